The zero-order valence-electron chi connectivity index (χ0n) is 12.8. The normalized spacial score (nSPS) is 17.8. The van der Waals surface area contributed by atoms with Crippen LogP contribution in [0.4, 0.5) is 0 Å². The van der Waals surface area contributed by atoms with Gasteiger partial charge in [-0.25, -0.2) is 0 Å². The molecule has 0 radical (unpaired) electrons. The van der Waals surface area contributed by atoms with Crippen molar-refractivity contribution < 1.29 is 14.3 Å². The molecule has 120 valence electrons. The van der Waals surface area contributed by atoms with Gasteiger partial charge in [-0.2, -0.15) is 0 Å². The van der Waals surface area contributed by atoms with Gasteiger partial charge in [-0.1, -0.05) is 11.6 Å². The maximum Gasteiger partial charge on any atom is 0.257 e. The maximum absolute atomic E-state index is 12.7. The van der Waals surface area contributed by atoms with Gasteiger partial charge in [-0.05, 0) is 44.4 Å². The molecule has 1 aromatic carbocycles. The zero-order valence-corrected chi connectivity index (χ0v) is 13.6. The molecule has 1 unspecified atom stereocenters. The molecule has 2 amide bonds. The highest BCUT2D eigenvalue weighted by Crippen LogP contribution is 2.28. The molecule has 1 aliphatic heterocycles. The lowest BCUT2D eigenvalue weighted by Crippen LogP contribution is -2.30. The number of rotatable bonds is 5. The van der Waals surface area contributed by atoms with Crippen molar-refractivity contribution >= 4 is 23.4 Å². The molecular formula is C16H21ClN2O3. The smallest absolute Gasteiger partial charge is 0.257 e. The average molecular weight is 325 g/mol. The van der Waals surface area contributed by atoms with E-state index in [-0.39, 0.29) is 23.8 Å². The van der Waals surface area contributed by atoms with Gasteiger partial charge < -0.3 is 15.4 Å². The molecule has 0 aromatic heterocycles. The van der Waals surface area contributed by atoms with E-state index in [9.17, 15) is 9.59 Å². The number of carbonyl (C=O) groups excluding carboxylic acids is 2. The summed E-state index contributed by atoms with van der Waals surface area (Å²) in [6.07, 6.45) is 1.07. The van der Waals surface area contributed by atoms with Gasteiger partial charge in [-0.3, -0.25) is 9.59 Å². The molecule has 2 rings (SSSR count). The average Bonchev–Trinajstić information content (AvgIpc) is 2.87. The Hall–Kier alpha value is -1.75. The van der Waals surface area contributed by atoms with Crippen molar-refractivity contribution in [2.45, 2.75) is 32.8 Å². The summed E-state index contributed by atoms with van der Waals surface area (Å²) >= 11 is 6.01. The van der Waals surface area contributed by atoms with Gasteiger partial charge in [0, 0.05) is 24.5 Å². The summed E-state index contributed by atoms with van der Waals surface area (Å²) in [6.45, 7) is 4.96. The first-order valence-electron chi connectivity index (χ1n) is 7.40. The molecule has 5 nitrogen and oxygen atoms in total. The van der Waals surface area contributed by atoms with Crippen molar-refractivity contribution in [3.05, 3.63) is 28.8 Å². The number of amides is 2. The van der Waals surface area contributed by atoms with Gasteiger partial charge >= 0.3 is 0 Å². The Balaban J connectivity index is 2.15. The van der Waals surface area contributed by atoms with Crippen molar-refractivity contribution in [2.75, 3.05) is 13.1 Å². The van der Waals surface area contributed by atoms with Gasteiger partial charge in [0.2, 0.25) is 5.91 Å². The number of nitrogens with zero attached hydrogens (tertiary/aromatic N) is 1. The lowest BCUT2D eigenvalue weighted by atomic mass is 10.1. The van der Waals surface area contributed by atoms with E-state index in [0.29, 0.717) is 35.8 Å². The molecule has 0 bridgehead atoms. The molecule has 1 fully saturated rings. The summed E-state index contributed by atoms with van der Waals surface area (Å²) in [6, 6.07) is 5.05. The molecule has 2 N–H and O–H groups in total. The molecule has 0 saturated carbocycles. The third kappa shape index (κ3) is 4.13. The second-order valence-electron chi connectivity index (χ2n) is 5.88. The molecule has 0 spiro atoms. The first kappa shape index (κ1) is 16.6. The van der Waals surface area contributed by atoms with Crippen LogP contribution in [-0.2, 0) is 4.79 Å². The molecule has 1 atom stereocenters. The van der Waals surface area contributed by atoms with E-state index >= 15 is 0 Å². The van der Waals surface area contributed by atoms with Crippen molar-refractivity contribution in [2.24, 2.45) is 11.7 Å². The minimum Gasteiger partial charge on any atom is -0.490 e. The maximum atomic E-state index is 12.7. The van der Waals surface area contributed by atoms with Crippen LogP contribution >= 0.6 is 11.6 Å². The van der Waals surface area contributed by atoms with E-state index in [1.807, 2.05) is 13.8 Å². The van der Waals surface area contributed by atoms with Crippen LogP contribution in [0.3, 0.4) is 0 Å². The van der Waals surface area contributed by atoms with E-state index in [2.05, 4.69) is 0 Å². The highest BCUT2D eigenvalue weighted by Gasteiger charge is 2.29. The Morgan fingerprint density at radius 1 is 1.45 bits per heavy atom. The van der Waals surface area contributed by atoms with E-state index in [0.717, 1.165) is 6.42 Å². The van der Waals surface area contributed by atoms with Crippen molar-refractivity contribution in [3.8, 4) is 5.75 Å². The fraction of sp³-hybridized carbons (Fsp3) is 0.500. The molecule has 6 heteroatoms. The second-order valence-corrected chi connectivity index (χ2v) is 6.32. The summed E-state index contributed by atoms with van der Waals surface area (Å²) in [5.41, 5.74) is 5.68. The lowest BCUT2D eigenvalue weighted by Gasteiger charge is -2.20. The molecule has 1 saturated heterocycles. The van der Waals surface area contributed by atoms with Crippen LogP contribution in [0.15, 0.2) is 18.2 Å². The number of nitrogens with two attached hydrogens (primary N) is 1. The van der Waals surface area contributed by atoms with E-state index in [1.54, 1.807) is 23.1 Å². The molecular weight excluding hydrogens is 304 g/mol. The Labute approximate surface area is 135 Å². The topological polar surface area (TPSA) is 72.6 Å². The summed E-state index contributed by atoms with van der Waals surface area (Å²) in [4.78, 5) is 25.4. The third-order valence-corrected chi connectivity index (χ3v) is 3.83. The molecule has 1 aliphatic rings. The quantitative estimate of drug-likeness (QED) is 0.904. The van der Waals surface area contributed by atoms with E-state index in [1.165, 1.54) is 0 Å². The summed E-state index contributed by atoms with van der Waals surface area (Å²) in [7, 11) is 0. The van der Waals surface area contributed by atoms with Crippen LogP contribution in [0.1, 0.15) is 37.0 Å². The molecule has 1 heterocycles. The number of hydrogen-bond donors (Lipinski definition) is 1. The molecule has 22 heavy (non-hydrogen) atoms. The molecule has 0 aliphatic carbocycles. The predicted octanol–water partition coefficient (Wildman–Crippen LogP) is 2.46. The summed E-state index contributed by atoms with van der Waals surface area (Å²) in [5.74, 6) is 0.217. The first-order valence-corrected chi connectivity index (χ1v) is 7.78. The number of ether oxygens (including phenoxy) is 1. The monoisotopic (exact) mass is 324 g/mol. The third-order valence-electron chi connectivity index (χ3n) is 3.60. The van der Waals surface area contributed by atoms with Crippen LogP contribution in [0.2, 0.25) is 5.02 Å². The van der Waals surface area contributed by atoms with Crippen LogP contribution in [-0.4, -0.2) is 35.9 Å². The lowest BCUT2D eigenvalue weighted by molar-refractivity contribution is -0.118. The van der Waals surface area contributed by atoms with Gasteiger partial charge in [0.15, 0.2) is 0 Å². The summed E-state index contributed by atoms with van der Waals surface area (Å²) < 4.78 is 5.69. The van der Waals surface area contributed by atoms with Gasteiger partial charge in [0.05, 0.1) is 11.7 Å². The second kappa shape index (κ2) is 7.01. The summed E-state index contributed by atoms with van der Waals surface area (Å²) in [5, 5.41) is 0.493. The fourth-order valence-corrected chi connectivity index (χ4v) is 2.84. The number of carbonyl (C=O) groups is 2. The minimum absolute atomic E-state index is 0.0334. The SMILES string of the molecule is CC(C)Oc1ccc(Cl)cc1C(=O)N1CCC(CC(N)=O)C1. The van der Waals surface area contributed by atoms with Crippen molar-refractivity contribution in [3.63, 3.8) is 0 Å². The fourth-order valence-electron chi connectivity index (χ4n) is 2.66. The van der Waals surface area contributed by atoms with Gasteiger partial charge in [0.25, 0.3) is 5.91 Å². The van der Waals surface area contributed by atoms with Gasteiger partial charge in [-0.15, -0.1) is 0 Å². The Morgan fingerprint density at radius 2 is 2.18 bits per heavy atom. The van der Waals surface area contributed by atoms with Crippen LogP contribution in [0, 0.1) is 5.92 Å². The van der Waals surface area contributed by atoms with Crippen LogP contribution in [0.25, 0.3) is 0 Å². The first-order chi connectivity index (χ1) is 10.4. The Kier molecular flexibility index (Phi) is 5.29. The zero-order chi connectivity index (χ0) is 16.3. The van der Waals surface area contributed by atoms with Gasteiger partial charge in [0.1, 0.15) is 5.75 Å². The predicted molar refractivity (Wildman–Crippen MR) is 85.0 cm³/mol. The Bertz CT molecular complexity index is 575. The highest BCUT2D eigenvalue weighted by molar-refractivity contribution is 6.31. The number of hydrogen-bond acceptors (Lipinski definition) is 3. The van der Waals surface area contributed by atoms with Crippen LogP contribution in [0.5, 0.6) is 5.75 Å². The largest absolute Gasteiger partial charge is 0.490 e. The van der Waals surface area contributed by atoms with Crippen LogP contribution < -0.4 is 10.5 Å². The number of likely N-dealkylation sites (tertiary alicyclic amines) is 1. The minimum atomic E-state index is -0.328. The van der Waals surface area contributed by atoms with E-state index < -0.39 is 0 Å². The highest BCUT2D eigenvalue weighted by atomic mass is 35.5. The number of halogens is 1. The molecule has 1 aromatic rings. The van der Waals surface area contributed by atoms with Crippen molar-refractivity contribution in [1.29, 1.82) is 0 Å². The van der Waals surface area contributed by atoms with Crippen molar-refractivity contribution in [1.82, 2.24) is 4.90 Å². The number of primary amides is 1. The Morgan fingerprint density at radius 3 is 2.82 bits per heavy atom. The number of benzene rings is 1. The van der Waals surface area contributed by atoms with E-state index in [4.69, 9.17) is 22.1 Å². The standard InChI is InChI=1S/C16H21ClN2O3/c1-10(2)22-14-4-3-12(17)8-13(14)16(21)19-6-5-11(9-19)7-15(18)20/h3-4,8,10-11H,5-7,9H2,1-2H3,(H2,18,20).